The quantitative estimate of drug-likeness (QED) is 0.288. The molecule has 0 bridgehead atoms. The van der Waals surface area contributed by atoms with Crippen LogP contribution in [0.15, 0.2) is 44.7 Å². The number of ether oxygens (including phenoxy) is 4. The minimum absolute atomic E-state index is 0.0443. The number of hydrogen-bond donors (Lipinski definition) is 0. The predicted molar refractivity (Wildman–Crippen MR) is 137 cm³/mol. The molecule has 0 aliphatic carbocycles. The summed E-state index contributed by atoms with van der Waals surface area (Å²) in [6, 6.07) is 8.71. The van der Waals surface area contributed by atoms with E-state index in [1.165, 1.54) is 25.1 Å². The molecule has 1 aromatic heterocycles. The van der Waals surface area contributed by atoms with Gasteiger partial charge < -0.3 is 18.9 Å². The third kappa shape index (κ3) is 5.82. The highest BCUT2D eigenvalue weighted by Crippen LogP contribution is 2.39. The van der Waals surface area contributed by atoms with Gasteiger partial charge in [-0.25, -0.2) is 9.78 Å². The topological polar surface area (TPSA) is 101 Å². The predicted octanol–water partition coefficient (Wildman–Crippen LogP) is 4.51. The van der Waals surface area contributed by atoms with Crippen molar-refractivity contribution in [3.63, 3.8) is 0 Å². The Balaban J connectivity index is 2.06. The standard InChI is InChI=1S/C25H28BrN3O6/c1-7-34-25(31)15(4)35-22-20(32-5)10-16(11-21(22)33-6)13-27-29-23(14(2)3)28-19-9-8-17(26)12-18(19)24(29)30/h8-15H,7H2,1-6H3/t15-/m1/s1. The van der Waals surface area contributed by atoms with Crippen molar-refractivity contribution in [2.24, 2.45) is 5.10 Å². The van der Waals surface area contributed by atoms with Crippen molar-refractivity contribution in [2.45, 2.75) is 39.7 Å². The lowest BCUT2D eigenvalue weighted by Crippen LogP contribution is -2.26. The fraction of sp³-hybridized carbons (Fsp3) is 0.360. The van der Waals surface area contributed by atoms with Crippen LogP contribution in [0, 0.1) is 0 Å². The Hall–Kier alpha value is -3.40. The molecule has 3 aromatic rings. The van der Waals surface area contributed by atoms with E-state index in [0.29, 0.717) is 33.8 Å². The molecule has 10 heteroatoms. The maximum absolute atomic E-state index is 13.2. The first-order valence-electron chi connectivity index (χ1n) is 11.1. The smallest absolute Gasteiger partial charge is 0.347 e. The zero-order valence-corrected chi connectivity index (χ0v) is 22.1. The second kappa shape index (κ2) is 11.4. The van der Waals surface area contributed by atoms with Crippen LogP contribution in [0.4, 0.5) is 0 Å². The van der Waals surface area contributed by atoms with Crippen molar-refractivity contribution in [1.82, 2.24) is 9.66 Å². The van der Waals surface area contributed by atoms with Gasteiger partial charge in [-0.1, -0.05) is 29.8 Å². The number of benzene rings is 2. The van der Waals surface area contributed by atoms with Gasteiger partial charge in [0, 0.05) is 16.0 Å². The lowest BCUT2D eigenvalue weighted by Gasteiger charge is -2.18. The van der Waals surface area contributed by atoms with Gasteiger partial charge >= 0.3 is 5.97 Å². The highest BCUT2D eigenvalue weighted by molar-refractivity contribution is 9.10. The Morgan fingerprint density at radius 1 is 1.14 bits per heavy atom. The van der Waals surface area contributed by atoms with Gasteiger partial charge in [0.05, 0.1) is 37.9 Å². The van der Waals surface area contributed by atoms with Crippen molar-refractivity contribution >= 4 is 39.0 Å². The van der Waals surface area contributed by atoms with Crippen LogP contribution in [0.5, 0.6) is 17.2 Å². The normalized spacial score (nSPS) is 12.2. The number of fused-ring (bicyclic) bond motifs is 1. The molecule has 0 unspecified atom stereocenters. The Bertz CT molecular complexity index is 1290. The number of esters is 1. The monoisotopic (exact) mass is 545 g/mol. The first-order chi connectivity index (χ1) is 16.7. The number of nitrogens with zero attached hydrogens (tertiary/aromatic N) is 3. The molecule has 0 radical (unpaired) electrons. The molecule has 0 fully saturated rings. The number of halogens is 1. The van der Waals surface area contributed by atoms with Crippen LogP contribution < -0.4 is 19.8 Å². The van der Waals surface area contributed by atoms with Gasteiger partial charge in [0.2, 0.25) is 5.75 Å². The van der Waals surface area contributed by atoms with Crippen molar-refractivity contribution in [1.29, 1.82) is 0 Å². The van der Waals surface area contributed by atoms with Crippen LogP contribution in [0.2, 0.25) is 0 Å². The van der Waals surface area contributed by atoms with Gasteiger partial charge in [0.15, 0.2) is 17.6 Å². The number of hydrogen-bond acceptors (Lipinski definition) is 8. The molecule has 1 heterocycles. The molecule has 0 saturated carbocycles. The molecule has 0 N–H and O–H groups in total. The summed E-state index contributed by atoms with van der Waals surface area (Å²) in [6.45, 7) is 7.44. The van der Waals surface area contributed by atoms with Crippen molar-refractivity contribution in [3.05, 3.63) is 56.5 Å². The molecule has 0 aliphatic heterocycles. The maximum Gasteiger partial charge on any atom is 0.347 e. The summed E-state index contributed by atoms with van der Waals surface area (Å²) in [4.78, 5) is 29.9. The number of methoxy groups -OCH3 is 2. The average molecular weight is 546 g/mol. The Labute approximate surface area is 211 Å². The molecule has 0 spiro atoms. The number of carbonyl (C=O) groups is 1. The minimum Gasteiger partial charge on any atom is -0.493 e. The summed E-state index contributed by atoms with van der Waals surface area (Å²) >= 11 is 3.40. The Kier molecular flexibility index (Phi) is 8.50. The van der Waals surface area contributed by atoms with E-state index in [-0.39, 0.29) is 23.8 Å². The van der Waals surface area contributed by atoms with Crippen LogP contribution in [-0.4, -0.2) is 48.8 Å². The van der Waals surface area contributed by atoms with Gasteiger partial charge in [0.25, 0.3) is 5.56 Å². The molecule has 2 aromatic carbocycles. The van der Waals surface area contributed by atoms with Gasteiger partial charge in [-0.3, -0.25) is 4.79 Å². The Morgan fingerprint density at radius 2 is 1.80 bits per heavy atom. The summed E-state index contributed by atoms with van der Waals surface area (Å²) in [5.74, 6) is 0.904. The summed E-state index contributed by atoms with van der Waals surface area (Å²) in [5, 5.41) is 4.90. The van der Waals surface area contributed by atoms with Gasteiger partial charge in [0.1, 0.15) is 5.82 Å². The van der Waals surface area contributed by atoms with Gasteiger partial charge in [-0.05, 0) is 44.2 Å². The minimum atomic E-state index is -0.868. The Morgan fingerprint density at radius 3 is 2.37 bits per heavy atom. The van der Waals surface area contributed by atoms with E-state index in [0.717, 1.165) is 4.47 Å². The largest absolute Gasteiger partial charge is 0.493 e. The summed E-state index contributed by atoms with van der Waals surface area (Å²) in [5.41, 5.74) is 0.915. The van der Waals surface area contributed by atoms with E-state index >= 15 is 0 Å². The van der Waals surface area contributed by atoms with E-state index in [9.17, 15) is 9.59 Å². The van der Waals surface area contributed by atoms with E-state index in [1.807, 2.05) is 19.9 Å². The number of rotatable bonds is 9. The van der Waals surface area contributed by atoms with Crippen molar-refractivity contribution in [3.8, 4) is 17.2 Å². The molecular formula is C25H28BrN3O6. The molecule has 186 valence electrons. The van der Waals surface area contributed by atoms with Gasteiger partial charge in [-0.2, -0.15) is 9.78 Å². The van der Waals surface area contributed by atoms with E-state index in [4.69, 9.17) is 18.9 Å². The second-order valence-corrected chi connectivity index (χ2v) is 8.83. The van der Waals surface area contributed by atoms with Crippen LogP contribution in [0.1, 0.15) is 45.0 Å². The molecule has 0 saturated heterocycles. The number of carbonyl (C=O) groups excluding carboxylic acids is 1. The SMILES string of the molecule is CCOC(=O)[C@@H](C)Oc1c(OC)cc(C=Nn2c(C(C)C)nc3ccc(Br)cc3c2=O)cc1OC. The van der Waals surface area contributed by atoms with E-state index in [2.05, 4.69) is 26.0 Å². The van der Waals surface area contributed by atoms with Crippen molar-refractivity contribution < 1.29 is 23.7 Å². The summed E-state index contributed by atoms with van der Waals surface area (Å²) < 4.78 is 23.8. The molecular weight excluding hydrogens is 518 g/mol. The summed E-state index contributed by atoms with van der Waals surface area (Å²) in [7, 11) is 2.95. The van der Waals surface area contributed by atoms with Crippen LogP contribution in [0.25, 0.3) is 10.9 Å². The summed E-state index contributed by atoms with van der Waals surface area (Å²) in [6.07, 6.45) is 0.648. The highest BCUT2D eigenvalue weighted by atomic mass is 79.9. The van der Waals surface area contributed by atoms with Crippen molar-refractivity contribution in [2.75, 3.05) is 20.8 Å². The van der Waals surface area contributed by atoms with E-state index in [1.54, 1.807) is 38.1 Å². The number of aromatic nitrogens is 2. The lowest BCUT2D eigenvalue weighted by atomic mass is 10.2. The van der Waals surface area contributed by atoms with Crippen LogP contribution >= 0.6 is 15.9 Å². The zero-order valence-electron chi connectivity index (χ0n) is 20.5. The fourth-order valence-electron chi connectivity index (χ4n) is 3.35. The molecule has 3 rings (SSSR count). The van der Waals surface area contributed by atoms with Crippen LogP contribution in [0.3, 0.4) is 0 Å². The fourth-order valence-corrected chi connectivity index (χ4v) is 3.71. The second-order valence-electron chi connectivity index (χ2n) is 7.91. The molecule has 0 aliphatic rings. The third-order valence-electron chi connectivity index (χ3n) is 5.07. The molecule has 1 atom stereocenters. The average Bonchev–Trinajstić information content (AvgIpc) is 2.83. The molecule has 0 amide bonds. The lowest BCUT2D eigenvalue weighted by molar-refractivity contribution is -0.150. The van der Waals surface area contributed by atoms with E-state index < -0.39 is 12.1 Å². The zero-order chi connectivity index (χ0) is 25.7. The first-order valence-corrected chi connectivity index (χ1v) is 11.8. The maximum atomic E-state index is 13.2. The molecule has 35 heavy (non-hydrogen) atoms. The highest BCUT2D eigenvalue weighted by Gasteiger charge is 2.22. The van der Waals surface area contributed by atoms with Crippen LogP contribution in [-0.2, 0) is 9.53 Å². The first kappa shape index (κ1) is 26.2. The molecule has 9 nitrogen and oxygen atoms in total. The third-order valence-corrected chi connectivity index (χ3v) is 5.56. The van der Waals surface area contributed by atoms with Gasteiger partial charge in [-0.15, -0.1) is 0 Å².